The van der Waals surface area contributed by atoms with E-state index in [0.717, 1.165) is 28.1 Å². The summed E-state index contributed by atoms with van der Waals surface area (Å²) < 4.78 is 10.7. The lowest BCUT2D eigenvalue weighted by Gasteiger charge is -2.18. The Morgan fingerprint density at radius 1 is 1.06 bits per heavy atom. The Bertz CT molecular complexity index is 585. The average Bonchev–Trinajstić information content (AvgIpc) is 2.70. The molecule has 1 aromatic carbocycles. The molecule has 1 aliphatic heterocycles. The van der Waals surface area contributed by atoms with E-state index in [1.807, 2.05) is 12.1 Å². The minimum absolute atomic E-state index is 0.0601. The van der Waals surface area contributed by atoms with Gasteiger partial charge < -0.3 is 9.47 Å². The van der Waals surface area contributed by atoms with Crippen molar-refractivity contribution in [2.45, 2.75) is 26.2 Å². The molecular weight excluding hydrogens is 214 g/mol. The van der Waals surface area contributed by atoms with Crippen LogP contribution in [-0.2, 0) is 5.41 Å². The van der Waals surface area contributed by atoms with Gasteiger partial charge in [0, 0.05) is 22.6 Å². The van der Waals surface area contributed by atoms with Crippen LogP contribution >= 0.6 is 0 Å². The van der Waals surface area contributed by atoms with Crippen LogP contribution in [0.4, 0.5) is 0 Å². The molecule has 0 radical (unpaired) electrons. The van der Waals surface area contributed by atoms with Crippen molar-refractivity contribution in [1.82, 2.24) is 4.98 Å². The lowest BCUT2D eigenvalue weighted by Crippen LogP contribution is -2.13. The summed E-state index contributed by atoms with van der Waals surface area (Å²) in [5.74, 6) is 1.60. The van der Waals surface area contributed by atoms with Gasteiger partial charge in [0.1, 0.15) is 0 Å². The number of pyridine rings is 1. The maximum Gasteiger partial charge on any atom is 0.231 e. The molecule has 1 aromatic heterocycles. The van der Waals surface area contributed by atoms with Gasteiger partial charge in [-0.3, -0.25) is 4.98 Å². The van der Waals surface area contributed by atoms with Crippen molar-refractivity contribution in [1.29, 1.82) is 0 Å². The smallest absolute Gasteiger partial charge is 0.231 e. The van der Waals surface area contributed by atoms with E-state index in [4.69, 9.17) is 9.47 Å². The highest BCUT2D eigenvalue weighted by Gasteiger charge is 2.18. The number of ether oxygens (including phenoxy) is 2. The average molecular weight is 229 g/mol. The summed E-state index contributed by atoms with van der Waals surface area (Å²) in [4.78, 5) is 4.69. The highest BCUT2D eigenvalue weighted by atomic mass is 16.7. The van der Waals surface area contributed by atoms with E-state index in [9.17, 15) is 0 Å². The fourth-order valence-corrected chi connectivity index (χ4v) is 1.93. The zero-order chi connectivity index (χ0) is 12.0. The monoisotopic (exact) mass is 229 g/mol. The van der Waals surface area contributed by atoms with Gasteiger partial charge in [0.2, 0.25) is 6.79 Å². The van der Waals surface area contributed by atoms with Gasteiger partial charge in [-0.15, -0.1) is 0 Å². The van der Waals surface area contributed by atoms with Gasteiger partial charge in [0.15, 0.2) is 11.5 Å². The van der Waals surface area contributed by atoms with E-state index in [1.54, 1.807) is 0 Å². The molecule has 0 unspecified atom stereocenters. The first-order valence-corrected chi connectivity index (χ1v) is 5.75. The summed E-state index contributed by atoms with van der Waals surface area (Å²) in [6.45, 7) is 6.79. The van der Waals surface area contributed by atoms with Gasteiger partial charge in [0.25, 0.3) is 0 Å². The number of hydrogen-bond donors (Lipinski definition) is 0. The third-order valence-corrected chi connectivity index (χ3v) is 2.95. The number of benzene rings is 1. The number of nitrogens with zero attached hydrogens (tertiary/aromatic N) is 1. The van der Waals surface area contributed by atoms with Gasteiger partial charge in [-0.2, -0.15) is 0 Å². The van der Waals surface area contributed by atoms with Crippen LogP contribution in [0.1, 0.15) is 26.5 Å². The molecule has 2 heterocycles. The second-order valence-corrected chi connectivity index (χ2v) is 5.34. The first-order chi connectivity index (χ1) is 8.04. The molecule has 0 amide bonds. The van der Waals surface area contributed by atoms with E-state index >= 15 is 0 Å². The Morgan fingerprint density at radius 2 is 1.76 bits per heavy atom. The molecule has 3 heteroatoms. The van der Waals surface area contributed by atoms with Crippen molar-refractivity contribution in [3.63, 3.8) is 0 Å². The lowest BCUT2D eigenvalue weighted by molar-refractivity contribution is 0.174. The van der Waals surface area contributed by atoms with Crippen molar-refractivity contribution < 1.29 is 9.47 Å². The second kappa shape index (κ2) is 3.36. The molecule has 0 N–H and O–H groups in total. The highest BCUT2D eigenvalue weighted by molar-refractivity contribution is 5.83. The maximum absolute atomic E-state index is 5.37. The first-order valence-electron chi connectivity index (χ1n) is 5.75. The Kier molecular flexibility index (Phi) is 2.05. The highest BCUT2D eigenvalue weighted by Crippen LogP contribution is 2.36. The van der Waals surface area contributed by atoms with Gasteiger partial charge in [-0.25, -0.2) is 0 Å². The molecule has 0 atom stereocenters. The van der Waals surface area contributed by atoms with Crippen LogP contribution in [0, 0.1) is 0 Å². The van der Waals surface area contributed by atoms with Crippen molar-refractivity contribution >= 4 is 10.9 Å². The van der Waals surface area contributed by atoms with E-state index < -0.39 is 0 Å². The Morgan fingerprint density at radius 3 is 2.47 bits per heavy atom. The fraction of sp³-hybridized carbons (Fsp3) is 0.357. The van der Waals surface area contributed by atoms with Crippen molar-refractivity contribution in [2.24, 2.45) is 0 Å². The number of hydrogen-bond acceptors (Lipinski definition) is 3. The van der Waals surface area contributed by atoms with Gasteiger partial charge in [-0.1, -0.05) is 26.8 Å². The molecule has 0 spiro atoms. The normalized spacial score (nSPS) is 14.3. The van der Waals surface area contributed by atoms with E-state index in [0.29, 0.717) is 6.79 Å². The third-order valence-electron chi connectivity index (χ3n) is 2.95. The molecule has 1 aliphatic rings. The van der Waals surface area contributed by atoms with Crippen LogP contribution in [0.25, 0.3) is 10.9 Å². The lowest BCUT2D eigenvalue weighted by atomic mass is 9.91. The van der Waals surface area contributed by atoms with E-state index in [1.165, 1.54) is 0 Å². The zero-order valence-electron chi connectivity index (χ0n) is 10.3. The Balaban J connectivity index is 2.20. The predicted molar refractivity (Wildman–Crippen MR) is 66.6 cm³/mol. The van der Waals surface area contributed by atoms with Gasteiger partial charge in [-0.05, 0) is 12.1 Å². The summed E-state index contributed by atoms with van der Waals surface area (Å²) in [7, 11) is 0. The van der Waals surface area contributed by atoms with Crippen LogP contribution < -0.4 is 9.47 Å². The summed E-state index contributed by atoms with van der Waals surface area (Å²) in [6.07, 6.45) is 0. The van der Waals surface area contributed by atoms with Crippen LogP contribution in [0.3, 0.4) is 0 Å². The van der Waals surface area contributed by atoms with Crippen LogP contribution in [0.5, 0.6) is 11.5 Å². The standard InChI is InChI=1S/C14H15NO2/c1-14(2,3)13-5-4-9-6-11-12(17-8-16-11)7-10(9)15-13/h4-7H,8H2,1-3H3. The quantitative estimate of drug-likeness (QED) is 0.694. The number of aromatic nitrogens is 1. The molecule has 2 aromatic rings. The Labute approximate surface area is 100 Å². The van der Waals surface area contributed by atoms with Crippen LogP contribution in [0.15, 0.2) is 24.3 Å². The molecule has 0 saturated carbocycles. The number of fused-ring (bicyclic) bond motifs is 2. The number of rotatable bonds is 0. The molecule has 88 valence electrons. The zero-order valence-corrected chi connectivity index (χ0v) is 10.3. The maximum atomic E-state index is 5.37. The van der Waals surface area contributed by atoms with Crippen LogP contribution in [0.2, 0.25) is 0 Å². The molecule has 3 rings (SSSR count). The minimum atomic E-state index is 0.0601. The molecule has 17 heavy (non-hydrogen) atoms. The molecular formula is C14H15NO2. The third kappa shape index (κ3) is 1.71. The van der Waals surface area contributed by atoms with E-state index in [2.05, 4.69) is 37.9 Å². The summed E-state index contributed by atoms with van der Waals surface area (Å²) >= 11 is 0. The fourth-order valence-electron chi connectivity index (χ4n) is 1.93. The van der Waals surface area contributed by atoms with Crippen molar-refractivity contribution in [3.05, 3.63) is 30.0 Å². The predicted octanol–water partition coefficient (Wildman–Crippen LogP) is 3.26. The molecule has 0 fully saturated rings. The second-order valence-electron chi connectivity index (χ2n) is 5.34. The van der Waals surface area contributed by atoms with Gasteiger partial charge in [0.05, 0.1) is 5.52 Å². The van der Waals surface area contributed by atoms with Gasteiger partial charge >= 0.3 is 0 Å². The summed E-state index contributed by atoms with van der Waals surface area (Å²) in [5.41, 5.74) is 2.11. The topological polar surface area (TPSA) is 31.4 Å². The first kappa shape index (κ1) is 10.4. The molecule has 3 nitrogen and oxygen atoms in total. The molecule has 0 saturated heterocycles. The van der Waals surface area contributed by atoms with E-state index in [-0.39, 0.29) is 5.41 Å². The summed E-state index contributed by atoms with van der Waals surface area (Å²) in [6, 6.07) is 8.10. The SMILES string of the molecule is CC(C)(C)c1ccc2cc3c(cc2n1)OCO3. The Hall–Kier alpha value is -1.77. The molecule has 0 aliphatic carbocycles. The van der Waals surface area contributed by atoms with Crippen molar-refractivity contribution in [3.8, 4) is 11.5 Å². The summed E-state index contributed by atoms with van der Waals surface area (Å²) in [5, 5.41) is 1.09. The van der Waals surface area contributed by atoms with Crippen molar-refractivity contribution in [2.75, 3.05) is 6.79 Å². The minimum Gasteiger partial charge on any atom is -0.454 e. The largest absolute Gasteiger partial charge is 0.454 e. The molecule has 0 bridgehead atoms. The van der Waals surface area contributed by atoms with Crippen LogP contribution in [-0.4, -0.2) is 11.8 Å².